The average molecular weight is 193 g/mol. The number of hydrogen-bond donors (Lipinski definition) is 0. The fourth-order valence-corrected chi connectivity index (χ4v) is 2.06. The first-order chi connectivity index (χ1) is 6.77. The van der Waals surface area contributed by atoms with E-state index in [0.29, 0.717) is 0 Å². The summed E-state index contributed by atoms with van der Waals surface area (Å²) in [5, 5.41) is 0. The van der Waals surface area contributed by atoms with Gasteiger partial charge < -0.3 is 14.4 Å². The van der Waals surface area contributed by atoms with Gasteiger partial charge in [-0.25, -0.2) is 0 Å². The van der Waals surface area contributed by atoms with Gasteiger partial charge in [0.1, 0.15) is 5.82 Å². The van der Waals surface area contributed by atoms with Crippen molar-refractivity contribution in [2.24, 2.45) is 7.05 Å². The predicted octanol–water partition coefficient (Wildman–Crippen LogP) is 1.17. The highest BCUT2D eigenvalue weighted by atomic mass is 15.3. The van der Waals surface area contributed by atoms with Crippen LogP contribution in [-0.4, -0.2) is 42.7 Å². The Morgan fingerprint density at radius 3 is 2.64 bits per heavy atom. The smallest absolute Gasteiger partial charge is 0.108 e. The molecule has 3 nitrogen and oxygen atoms in total. The first kappa shape index (κ1) is 9.59. The molecule has 0 N–H and O–H groups in total. The molecule has 0 bridgehead atoms. The minimum absolute atomic E-state index is 1.15. The summed E-state index contributed by atoms with van der Waals surface area (Å²) in [6.07, 6.45) is 3.38. The molecule has 0 amide bonds. The molecule has 1 aliphatic heterocycles. The molecule has 1 saturated heterocycles. The Bertz CT molecular complexity index is 292. The molecule has 2 heterocycles. The molecule has 1 aliphatic rings. The molecule has 0 atom stereocenters. The summed E-state index contributed by atoms with van der Waals surface area (Å²) < 4.78 is 2.20. The van der Waals surface area contributed by atoms with Crippen molar-refractivity contribution < 1.29 is 0 Å². The van der Waals surface area contributed by atoms with E-state index in [1.165, 1.54) is 31.9 Å². The van der Waals surface area contributed by atoms with Crippen molar-refractivity contribution in [1.29, 1.82) is 0 Å². The lowest BCUT2D eigenvalue weighted by atomic mass is 10.4. The molecule has 1 fully saturated rings. The standard InChI is InChI=1S/C11H19N3/c1-12-6-4-8-14(10-9-12)11-5-3-7-13(11)2/h3,5,7H,4,6,8-10H2,1-2H3. The van der Waals surface area contributed by atoms with Crippen LogP contribution >= 0.6 is 0 Å². The highest BCUT2D eigenvalue weighted by molar-refractivity contribution is 5.40. The maximum Gasteiger partial charge on any atom is 0.108 e. The predicted molar refractivity (Wildman–Crippen MR) is 59.7 cm³/mol. The topological polar surface area (TPSA) is 11.4 Å². The van der Waals surface area contributed by atoms with Gasteiger partial charge in [-0.3, -0.25) is 0 Å². The van der Waals surface area contributed by atoms with Crippen molar-refractivity contribution in [1.82, 2.24) is 9.47 Å². The molecule has 0 aromatic carbocycles. The molecule has 14 heavy (non-hydrogen) atoms. The zero-order chi connectivity index (χ0) is 9.97. The monoisotopic (exact) mass is 193 g/mol. The molecule has 78 valence electrons. The quantitative estimate of drug-likeness (QED) is 0.663. The average Bonchev–Trinajstić information content (AvgIpc) is 2.46. The van der Waals surface area contributed by atoms with E-state index in [1.807, 2.05) is 0 Å². The van der Waals surface area contributed by atoms with Gasteiger partial charge in [0.2, 0.25) is 0 Å². The Labute approximate surface area is 85.9 Å². The van der Waals surface area contributed by atoms with Crippen molar-refractivity contribution in [2.45, 2.75) is 6.42 Å². The van der Waals surface area contributed by atoms with E-state index < -0.39 is 0 Å². The van der Waals surface area contributed by atoms with Crippen LogP contribution in [0.3, 0.4) is 0 Å². The maximum absolute atomic E-state index is 2.48. The second-order valence-electron chi connectivity index (χ2n) is 4.12. The van der Waals surface area contributed by atoms with Crippen LogP contribution < -0.4 is 4.90 Å². The van der Waals surface area contributed by atoms with Gasteiger partial charge >= 0.3 is 0 Å². The third-order valence-electron chi connectivity index (χ3n) is 2.96. The third-order valence-corrected chi connectivity index (χ3v) is 2.96. The Hall–Kier alpha value is -0.960. The second-order valence-corrected chi connectivity index (χ2v) is 4.12. The lowest BCUT2D eigenvalue weighted by molar-refractivity contribution is 0.360. The highest BCUT2D eigenvalue weighted by Gasteiger charge is 2.13. The zero-order valence-corrected chi connectivity index (χ0v) is 9.11. The van der Waals surface area contributed by atoms with E-state index in [1.54, 1.807) is 0 Å². The summed E-state index contributed by atoms with van der Waals surface area (Å²) in [7, 11) is 4.32. The van der Waals surface area contributed by atoms with Gasteiger partial charge in [0.25, 0.3) is 0 Å². The van der Waals surface area contributed by atoms with Crippen LogP contribution in [-0.2, 0) is 7.05 Å². The Morgan fingerprint density at radius 1 is 1.07 bits per heavy atom. The molecule has 3 heteroatoms. The second kappa shape index (κ2) is 4.05. The number of nitrogens with zero attached hydrogens (tertiary/aromatic N) is 3. The van der Waals surface area contributed by atoms with Crippen LogP contribution in [0.4, 0.5) is 5.82 Å². The van der Waals surface area contributed by atoms with Gasteiger partial charge in [0, 0.05) is 32.9 Å². The van der Waals surface area contributed by atoms with E-state index in [2.05, 4.69) is 46.8 Å². The van der Waals surface area contributed by atoms with Crippen LogP contribution in [0.25, 0.3) is 0 Å². The van der Waals surface area contributed by atoms with Crippen molar-refractivity contribution in [3.8, 4) is 0 Å². The molecule has 2 rings (SSSR count). The minimum Gasteiger partial charge on any atom is -0.357 e. The van der Waals surface area contributed by atoms with Crippen molar-refractivity contribution in [3.63, 3.8) is 0 Å². The van der Waals surface area contributed by atoms with Crippen LogP contribution in [0.2, 0.25) is 0 Å². The first-order valence-electron chi connectivity index (χ1n) is 5.32. The first-order valence-corrected chi connectivity index (χ1v) is 5.32. The SMILES string of the molecule is CN1CCCN(c2cccn2C)CC1. The Kier molecular flexibility index (Phi) is 2.77. The van der Waals surface area contributed by atoms with Crippen LogP contribution in [0.5, 0.6) is 0 Å². The summed E-state index contributed by atoms with van der Waals surface area (Å²) in [5.74, 6) is 1.35. The summed E-state index contributed by atoms with van der Waals surface area (Å²) in [5.41, 5.74) is 0. The van der Waals surface area contributed by atoms with Gasteiger partial charge in [-0.15, -0.1) is 0 Å². The summed E-state index contributed by atoms with van der Waals surface area (Å²) >= 11 is 0. The van der Waals surface area contributed by atoms with Gasteiger partial charge in [-0.1, -0.05) is 0 Å². The van der Waals surface area contributed by atoms with Crippen LogP contribution in [0.15, 0.2) is 18.3 Å². The fourth-order valence-electron chi connectivity index (χ4n) is 2.06. The molecule has 0 aliphatic carbocycles. The van der Waals surface area contributed by atoms with E-state index >= 15 is 0 Å². The number of aryl methyl sites for hydroxylation is 1. The van der Waals surface area contributed by atoms with Crippen molar-refractivity contribution in [2.75, 3.05) is 38.1 Å². The minimum atomic E-state index is 1.15. The molecule has 0 unspecified atom stereocenters. The molecule has 0 saturated carbocycles. The van der Waals surface area contributed by atoms with Crippen LogP contribution in [0.1, 0.15) is 6.42 Å². The summed E-state index contributed by atoms with van der Waals surface area (Å²) in [6.45, 7) is 4.72. The zero-order valence-electron chi connectivity index (χ0n) is 9.11. The number of anilines is 1. The van der Waals surface area contributed by atoms with E-state index in [0.717, 1.165) is 6.54 Å². The van der Waals surface area contributed by atoms with Crippen LogP contribution in [0, 0.1) is 0 Å². The highest BCUT2D eigenvalue weighted by Crippen LogP contribution is 2.15. The molecule has 1 aromatic rings. The van der Waals surface area contributed by atoms with Gasteiger partial charge in [0.05, 0.1) is 0 Å². The Morgan fingerprint density at radius 2 is 1.93 bits per heavy atom. The molecular formula is C11H19N3. The number of aromatic nitrogens is 1. The van der Waals surface area contributed by atoms with E-state index in [-0.39, 0.29) is 0 Å². The lowest BCUT2D eigenvalue weighted by Crippen LogP contribution is -2.29. The summed E-state index contributed by atoms with van der Waals surface area (Å²) in [4.78, 5) is 4.88. The summed E-state index contributed by atoms with van der Waals surface area (Å²) in [6, 6.07) is 4.31. The largest absolute Gasteiger partial charge is 0.357 e. The van der Waals surface area contributed by atoms with Crippen molar-refractivity contribution in [3.05, 3.63) is 18.3 Å². The molecule has 0 radical (unpaired) electrons. The number of rotatable bonds is 1. The van der Waals surface area contributed by atoms with Gasteiger partial charge in [0.15, 0.2) is 0 Å². The molecular weight excluding hydrogens is 174 g/mol. The number of likely N-dealkylation sites (N-methyl/N-ethyl adjacent to an activating group) is 1. The molecule has 0 spiro atoms. The molecule has 1 aromatic heterocycles. The van der Waals surface area contributed by atoms with E-state index in [4.69, 9.17) is 0 Å². The third kappa shape index (κ3) is 1.93. The number of hydrogen-bond acceptors (Lipinski definition) is 2. The fraction of sp³-hybridized carbons (Fsp3) is 0.636. The lowest BCUT2D eigenvalue weighted by Gasteiger charge is -2.22. The van der Waals surface area contributed by atoms with Gasteiger partial charge in [-0.05, 0) is 32.1 Å². The maximum atomic E-state index is 2.48. The Balaban J connectivity index is 2.08. The van der Waals surface area contributed by atoms with Crippen molar-refractivity contribution >= 4 is 5.82 Å². The van der Waals surface area contributed by atoms with E-state index in [9.17, 15) is 0 Å². The van der Waals surface area contributed by atoms with Gasteiger partial charge in [-0.2, -0.15) is 0 Å². The normalized spacial score (nSPS) is 19.7.